The second-order valence-corrected chi connectivity index (χ2v) is 9.66. The summed E-state index contributed by atoms with van der Waals surface area (Å²) in [5.74, 6) is 0.290. The zero-order valence-corrected chi connectivity index (χ0v) is 21.3. The van der Waals surface area contributed by atoms with Crippen molar-refractivity contribution in [3.63, 3.8) is 0 Å². The van der Waals surface area contributed by atoms with E-state index in [2.05, 4.69) is 29.1 Å². The van der Waals surface area contributed by atoms with Crippen molar-refractivity contribution >= 4 is 16.9 Å². The highest BCUT2D eigenvalue weighted by Crippen LogP contribution is 2.27. The first kappa shape index (κ1) is 26.2. The quantitative estimate of drug-likeness (QED) is 0.216. The van der Waals surface area contributed by atoms with Crippen LogP contribution in [0.3, 0.4) is 0 Å². The normalized spacial score (nSPS) is 12.4. The van der Waals surface area contributed by atoms with Crippen LogP contribution in [0.1, 0.15) is 42.3 Å². The first-order valence-electron chi connectivity index (χ1n) is 12.4. The number of ether oxygens (including phenoxy) is 2. The molecule has 0 aliphatic heterocycles. The number of hydrogen-bond acceptors (Lipinski definition) is 6. The van der Waals surface area contributed by atoms with Gasteiger partial charge in [-0.3, -0.25) is 0 Å². The number of nitrogens with one attached hydrogen (secondary N) is 2. The molecule has 2 heterocycles. The van der Waals surface area contributed by atoms with Crippen molar-refractivity contribution < 1.29 is 24.5 Å². The van der Waals surface area contributed by atoms with E-state index in [0.29, 0.717) is 30.7 Å². The molecule has 2 aromatic carbocycles. The average Bonchev–Trinajstić information content (AvgIpc) is 3.36. The van der Waals surface area contributed by atoms with Crippen LogP contribution >= 0.6 is 0 Å². The topological polar surface area (TPSA) is 117 Å². The van der Waals surface area contributed by atoms with Crippen molar-refractivity contribution in [2.24, 2.45) is 0 Å². The molecule has 0 amide bonds. The number of aryl methyl sites for hydroxylation is 1. The minimum atomic E-state index is -1.06. The second-order valence-electron chi connectivity index (χ2n) is 9.66. The van der Waals surface area contributed by atoms with Gasteiger partial charge in [0.2, 0.25) is 5.88 Å². The van der Waals surface area contributed by atoms with Crippen LogP contribution in [0.25, 0.3) is 10.9 Å². The fourth-order valence-corrected chi connectivity index (χ4v) is 4.26. The summed E-state index contributed by atoms with van der Waals surface area (Å²) in [5, 5.41) is 24.5. The molecule has 0 bridgehead atoms. The summed E-state index contributed by atoms with van der Waals surface area (Å²) in [7, 11) is 0. The number of hydrogen-bond donors (Lipinski definition) is 4. The van der Waals surface area contributed by atoms with E-state index in [4.69, 9.17) is 9.47 Å². The fraction of sp³-hybridized carbons (Fsp3) is 0.310. The lowest BCUT2D eigenvalue weighted by atomic mass is 9.94. The number of H-pyrrole nitrogens is 1. The number of fused-ring (bicyclic) bond motifs is 1. The maximum Gasteiger partial charge on any atom is 0.341 e. The molecule has 0 spiro atoms. The Bertz CT molecular complexity index is 1350. The van der Waals surface area contributed by atoms with E-state index in [9.17, 15) is 15.0 Å². The number of nitrogens with zero attached hydrogens (tertiary/aromatic N) is 1. The summed E-state index contributed by atoms with van der Waals surface area (Å²) in [4.78, 5) is 19.0. The minimum Gasteiger partial charge on any atom is -0.490 e. The van der Waals surface area contributed by atoms with Gasteiger partial charge in [0.05, 0.1) is 0 Å². The van der Waals surface area contributed by atoms with Gasteiger partial charge < -0.3 is 30.0 Å². The lowest BCUT2D eigenvalue weighted by Crippen LogP contribution is -2.46. The molecular formula is C29H33N3O5. The summed E-state index contributed by atoms with van der Waals surface area (Å²) in [5.41, 5.74) is 2.55. The molecule has 4 rings (SSSR count). The molecule has 8 heteroatoms. The largest absolute Gasteiger partial charge is 0.490 e. The number of aliphatic hydroxyl groups excluding tert-OH is 1. The van der Waals surface area contributed by atoms with E-state index in [1.54, 1.807) is 12.3 Å². The number of pyridine rings is 1. The van der Waals surface area contributed by atoms with Gasteiger partial charge in [0.1, 0.15) is 29.8 Å². The number of carboxylic acid groups (broad SMARTS) is 1. The molecule has 0 unspecified atom stereocenters. The van der Waals surface area contributed by atoms with E-state index in [1.165, 1.54) is 0 Å². The third-order valence-corrected chi connectivity index (χ3v) is 6.18. The third kappa shape index (κ3) is 6.67. The first-order valence-corrected chi connectivity index (χ1v) is 12.4. The van der Waals surface area contributed by atoms with Crippen LogP contribution in [0, 0.1) is 0 Å². The fourth-order valence-electron chi connectivity index (χ4n) is 4.26. The molecule has 0 fully saturated rings. The van der Waals surface area contributed by atoms with Gasteiger partial charge in [-0.15, -0.1) is 0 Å². The van der Waals surface area contributed by atoms with Crippen LogP contribution in [0.5, 0.6) is 17.4 Å². The van der Waals surface area contributed by atoms with Crippen LogP contribution < -0.4 is 14.8 Å². The van der Waals surface area contributed by atoms with Gasteiger partial charge in [-0.2, -0.15) is 0 Å². The molecule has 4 N–H and O–H groups in total. The third-order valence-electron chi connectivity index (χ3n) is 6.18. The van der Waals surface area contributed by atoms with Crippen LogP contribution in [-0.2, 0) is 12.8 Å². The van der Waals surface area contributed by atoms with Gasteiger partial charge in [0.15, 0.2) is 0 Å². The molecular weight excluding hydrogens is 470 g/mol. The number of aromatic carboxylic acids is 1. The van der Waals surface area contributed by atoms with Gasteiger partial charge in [-0.1, -0.05) is 25.1 Å². The van der Waals surface area contributed by atoms with Crippen LogP contribution in [-0.4, -0.2) is 50.9 Å². The minimum absolute atomic E-state index is 0.0885. The van der Waals surface area contributed by atoms with Crippen LogP contribution in [0.4, 0.5) is 0 Å². The number of benzene rings is 2. The number of aromatic nitrogens is 2. The van der Waals surface area contributed by atoms with Gasteiger partial charge >= 0.3 is 5.97 Å². The molecule has 37 heavy (non-hydrogen) atoms. The lowest BCUT2D eigenvalue weighted by molar-refractivity contribution is 0.0692. The summed E-state index contributed by atoms with van der Waals surface area (Å²) in [6, 6.07) is 17.0. The molecule has 0 saturated carbocycles. The van der Waals surface area contributed by atoms with E-state index in [1.807, 2.05) is 61.7 Å². The molecule has 194 valence electrons. The van der Waals surface area contributed by atoms with Gasteiger partial charge in [0.25, 0.3) is 0 Å². The number of β-amino-alcohol motifs (C(OH)–C–C–N with tert-alkyl or cyclic N) is 1. The molecule has 1 atom stereocenters. The van der Waals surface area contributed by atoms with Crippen molar-refractivity contribution in [3.05, 3.63) is 83.7 Å². The Morgan fingerprint density at radius 1 is 1.14 bits per heavy atom. The van der Waals surface area contributed by atoms with Crippen molar-refractivity contribution in [1.82, 2.24) is 15.3 Å². The highest BCUT2D eigenvalue weighted by Gasteiger charge is 2.21. The van der Waals surface area contributed by atoms with Crippen molar-refractivity contribution in [3.8, 4) is 17.4 Å². The van der Waals surface area contributed by atoms with Gasteiger partial charge in [-0.05, 0) is 74.2 Å². The van der Waals surface area contributed by atoms with Crippen LogP contribution in [0.15, 0.2) is 67.0 Å². The molecule has 0 saturated heterocycles. The Morgan fingerprint density at radius 3 is 2.65 bits per heavy atom. The zero-order valence-electron chi connectivity index (χ0n) is 21.3. The summed E-state index contributed by atoms with van der Waals surface area (Å²) in [6.07, 6.45) is 4.05. The standard InChI is InChI=1S/C29H33N3O5/c1-4-20-12-14-31-27(26(20)28(34)35)37-22-10-8-19(9-11-22)16-29(2,3)32-17-21(33)18-36-25-7-5-6-24-23(25)13-15-30-24/h5-15,21,30,32-33H,4,16-18H2,1-3H3,(H,34,35)/t21-/m0/s1. The molecule has 4 aromatic rings. The Labute approximate surface area is 216 Å². The van der Waals surface area contributed by atoms with Gasteiger partial charge in [0, 0.05) is 35.4 Å². The Kier molecular flexibility index (Phi) is 8.11. The average molecular weight is 504 g/mol. The second kappa shape index (κ2) is 11.5. The number of carbonyl (C=O) groups is 1. The maximum atomic E-state index is 11.7. The van der Waals surface area contributed by atoms with E-state index in [0.717, 1.165) is 22.2 Å². The zero-order chi connectivity index (χ0) is 26.4. The van der Waals surface area contributed by atoms with Crippen LogP contribution in [0.2, 0.25) is 0 Å². The maximum absolute atomic E-state index is 11.7. The number of aliphatic hydroxyl groups is 1. The van der Waals surface area contributed by atoms with Crippen molar-refractivity contribution in [1.29, 1.82) is 0 Å². The number of carboxylic acids is 1. The molecule has 0 aliphatic rings. The monoisotopic (exact) mass is 503 g/mol. The molecule has 2 aromatic heterocycles. The first-order chi connectivity index (χ1) is 17.8. The predicted octanol–water partition coefficient (Wildman–Crippen LogP) is 4.97. The Morgan fingerprint density at radius 2 is 1.92 bits per heavy atom. The van der Waals surface area contributed by atoms with E-state index < -0.39 is 12.1 Å². The summed E-state index contributed by atoms with van der Waals surface area (Å²) < 4.78 is 11.7. The molecule has 0 radical (unpaired) electrons. The molecule has 0 aliphatic carbocycles. The summed E-state index contributed by atoms with van der Waals surface area (Å²) >= 11 is 0. The van der Waals surface area contributed by atoms with Gasteiger partial charge in [-0.25, -0.2) is 9.78 Å². The molecule has 8 nitrogen and oxygen atoms in total. The predicted molar refractivity (Wildman–Crippen MR) is 143 cm³/mol. The SMILES string of the molecule is CCc1ccnc(Oc2ccc(CC(C)(C)NC[C@H](O)COc3cccc4[nH]ccc34)cc2)c1C(=O)O. The Balaban J connectivity index is 1.30. The van der Waals surface area contributed by atoms with E-state index in [-0.39, 0.29) is 23.6 Å². The highest BCUT2D eigenvalue weighted by atomic mass is 16.5. The lowest BCUT2D eigenvalue weighted by Gasteiger charge is -2.28. The number of rotatable bonds is 12. The van der Waals surface area contributed by atoms with Crippen molar-refractivity contribution in [2.45, 2.75) is 45.3 Å². The van der Waals surface area contributed by atoms with Crippen molar-refractivity contribution in [2.75, 3.05) is 13.2 Å². The number of aromatic amines is 1. The highest BCUT2D eigenvalue weighted by molar-refractivity contribution is 5.92. The Hall–Kier alpha value is -3.88. The smallest absolute Gasteiger partial charge is 0.341 e. The van der Waals surface area contributed by atoms with E-state index >= 15 is 0 Å². The summed E-state index contributed by atoms with van der Waals surface area (Å²) in [6.45, 7) is 6.61.